The zero-order valence-electron chi connectivity index (χ0n) is 8.57. The van der Waals surface area contributed by atoms with Gasteiger partial charge in [-0.15, -0.1) is 0 Å². The molecule has 0 aliphatic carbocycles. The maximum Gasteiger partial charge on any atom is 0.266 e. The number of alkyl halides is 2. The van der Waals surface area contributed by atoms with Crippen LogP contribution in [0.3, 0.4) is 0 Å². The molecule has 2 N–H and O–H groups in total. The zero-order chi connectivity index (χ0) is 12.5. The van der Waals surface area contributed by atoms with Gasteiger partial charge in [-0.3, -0.25) is 0 Å². The first kappa shape index (κ1) is 12.8. The summed E-state index contributed by atoms with van der Waals surface area (Å²) < 4.78 is 52.1. The number of nitrogens with two attached hydrogens (primary N) is 1. The molecule has 1 rings (SSSR count). The summed E-state index contributed by atoms with van der Waals surface area (Å²) in [6, 6.07) is 0.923. The highest BCUT2D eigenvalue weighted by Gasteiger charge is 2.24. The van der Waals surface area contributed by atoms with E-state index in [1.165, 1.54) is 14.0 Å². The number of hydrogen-bond acceptors (Lipinski definition) is 4. The van der Waals surface area contributed by atoms with Crippen molar-refractivity contribution in [3.63, 3.8) is 0 Å². The Hall–Kier alpha value is -1.28. The second-order valence-electron chi connectivity index (χ2n) is 3.02. The van der Waals surface area contributed by atoms with Crippen molar-refractivity contribution in [2.75, 3.05) is 7.11 Å². The number of sulfonamides is 1. The molecule has 0 unspecified atom stereocenters. The van der Waals surface area contributed by atoms with Gasteiger partial charge < -0.3 is 4.74 Å². The lowest BCUT2D eigenvalue weighted by atomic mass is 10.2. The van der Waals surface area contributed by atoms with E-state index in [1.54, 1.807) is 0 Å². The van der Waals surface area contributed by atoms with Gasteiger partial charge >= 0.3 is 0 Å². The largest absolute Gasteiger partial charge is 0.495 e. The lowest BCUT2D eigenvalue weighted by Gasteiger charge is -2.10. The lowest BCUT2D eigenvalue weighted by Crippen LogP contribution is -2.17. The van der Waals surface area contributed by atoms with Gasteiger partial charge in [-0.1, -0.05) is 0 Å². The monoisotopic (exact) mass is 252 g/mol. The van der Waals surface area contributed by atoms with Gasteiger partial charge in [0.15, 0.2) is 5.03 Å². The molecule has 0 radical (unpaired) electrons. The predicted octanol–water partition coefficient (Wildman–Crippen LogP) is 0.984. The quantitative estimate of drug-likeness (QED) is 0.869. The Kier molecular flexibility index (Phi) is 3.44. The van der Waals surface area contributed by atoms with Crippen LogP contribution in [-0.2, 0) is 10.0 Å². The second-order valence-corrected chi connectivity index (χ2v) is 4.49. The normalized spacial score (nSPS) is 11.9. The number of primary sulfonamides is 1. The first-order valence-electron chi connectivity index (χ1n) is 4.14. The average molecular weight is 252 g/mol. The van der Waals surface area contributed by atoms with E-state index in [2.05, 4.69) is 4.98 Å². The molecule has 0 aromatic carbocycles. The number of pyridine rings is 1. The summed E-state index contributed by atoms with van der Waals surface area (Å²) >= 11 is 0. The minimum absolute atomic E-state index is 0.0858. The van der Waals surface area contributed by atoms with Crippen LogP contribution < -0.4 is 9.88 Å². The van der Waals surface area contributed by atoms with Crippen LogP contribution in [0.2, 0.25) is 0 Å². The van der Waals surface area contributed by atoms with Crippen molar-refractivity contribution in [2.24, 2.45) is 5.14 Å². The molecule has 0 atom stereocenters. The Balaban J connectivity index is 3.55. The molecule has 5 nitrogen and oxygen atoms in total. The zero-order valence-corrected chi connectivity index (χ0v) is 9.38. The van der Waals surface area contributed by atoms with Crippen molar-refractivity contribution in [1.29, 1.82) is 0 Å². The van der Waals surface area contributed by atoms with Crippen LogP contribution in [0.5, 0.6) is 5.75 Å². The van der Waals surface area contributed by atoms with Crippen LogP contribution in [0, 0.1) is 6.92 Å². The number of nitrogens with zero attached hydrogens (tertiary/aromatic N) is 1. The SMILES string of the molecule is COc1cc(C(F)F)c(S(N)(=O)=O)nc1C. The molecule has 0 bridgehead atoms. The first-order valence-corrected chi connectivity index (χ1v) is 5.68. The van der Waals surface area contributed by atoms with Gasteiger partial charge in [-0.25, -0.2) is 27.3 Å². The minimum Gasteiger partial charge on any atom is -0.495 e. The second kappa shape index (κ2) is 4.30. The molecule has 1 aromatic heterocycles. The molecular formula is C8H10F2N2O3S. The molecule has 0 spiro atoms. The van der Waals surface area contributed by atoms with Crippen molar-refractivity contribution in [2.45, 2.75) is 18.4 Å². The standard InChI is InChI=1S/C8H10F2N2O3S/c1-4-6(15-2)3-5(7(9)10)8(12-4)16(11,13)14/h3,7H,1-2H3,(H2,11,13,14). The van der Waals surface area contributed by atoms with Crippen molar-refractivity contribution in [1.82, 2.24) is 4.98 Å². The summed E-state index contributed by atoms with van der Waals surface area (Å²) in [4.78, 5) is 3.52. The van der Waals surface area contributed by atoms with Gasteiger partial charge in [0.25, 0.3) is 16.4 Å². The number of aromatic nitrogens is 1. The summed E-state index contributed by atoms with van der Waals surface area (Å²) in [5.74, 6) is 0.0858. The number of rotatable bonds is 3. The summed E-state index contributed by atoms with van der Waals surface area (Å²) in [5, 5.41) is 3.97. The Morgan fingerprint density at radius 1 is 1.50 bits per heavy atom. The molecule has 16 heavy (non-hydrogen) atoms. The van der Waals surface area contributed by atoms with E-state index >= 15 is 0 Å². The fraction of sp³-hybridized carbons (Fsp3) is 0.375. The number of methoxy groups -OCH3 is 1. The molecule has 0 aliphatic heterocycles. The summed E-state index contributed by atoms with van der Waals surface area (Å²) in [7, 11) is -3.00. The van der Waals surface area contributed by atoms with E-state index in [9.17, 15) is 17.2 Å². The van der Waals surface area contributed by atoms with E-state index in [1.807, 2.05) is 0 Å². The maximum atomic E-state index is 12.6. The van der Waals surface area contributed by atoms with Gasteiger partial charge in [-0.05, 0) is 13.0 Å². The molecule has 1 aromatic rings. The molecule has 0 saturated heterocycles. The van der Waals surface area contributed by atoms with Crippen LogP contribution in [0.1, 0.15) is 17.7 Å². The van der Waals surface area contributed by atoms with Crippen molar-refractivity contribution in [3.8, 4) is 5.75 Å². The van der Waals surface area contributed by atoms with E-state index in [4.69, 9.17) is 9.88 Å². The van der Waals surface area contributed by atoms with E-state index < -0.39 is 27.0 Å². The smallest absolute Gasteiger partial charge is 0.266 e. The Labute approximate surface area is 91.3 Å². The third-order valence-corrected chi connectivity index (χ3v) is 2.75. The number of aryl methyl sites for hydroxylation is 1. The molecule has 1 heterocycles. The van der Waals surface area contributed by atoms with E-state index in [0.717, 1.165) is 6.07 Å². The third kappa shape index (κ3) is 2.45. The van der Waals surface area contributed by atoms with Crippen LogP contribution in [0.15, 0.2) is 11.1 Å². The van der Waals surface area contributed by atoms with Crippen molar-refractivity contribution < 1.29 is 21.9 Å². The summed E-state index contributed by atoms with van der Waals surface area (Å²) in [6.45, 7) is 1.43. The summed E-state index contributed by atoms with van der Waals surface area (Å²) in [5.41, 5.74) is -0.583. The molecule has 0 amide bonds. The van der Waals surface area contributed by atoms with Crippen LogP contribution >= 0.6 is 0 Å². The van der Waals surface area contributed by atoms with Gasteiger partial charge in [0.05, 0.1) is 18.4 Å². The van der Waals surface area contributed by atoms with E-state index in [-0.39, 0.29) is 11.4 Å². The third-order valence-electron chi connectivity index (χ3n) is 1.88. The van der Waals surface area contributed by atoms with Gasteiger partial charge in [0, 0.05) is 0 Å². The summed E-state index contributed by atoms with van der Waals surface area (Å²) in [6.07, 6.45) is -2.99. The van der Waals surface area contributed by atoms with Crippen molar-refractivity contribution in [3.05, 3.63) is 17.3 Å². The van der Waals surface area contributed by atoms with Gasteiger partial charge in [0.2, 0.25) is 0 Å². The Morgan fingerprint density at radius 2 is 2.06 bits per heavy atom. The number of ether oxygens (including phenoxy) is 1. The topological polar surface area (TPSA) is 82.3 Å². The molecule has 0 aliphatic rings. The first-order chi connectivity index (χ1) is 7.27. The lowest BCUT2D eigenvalue weighted by molar-refractivity contribution is 0.146. The van der Waals surface area contributed by atoms with Crippen molar-refractivity contribution >= 4 is 10.0 Å². The van der Waals surface area contributed by atoms with Gasteiger partial charge in [0.1, 0.15) is 5.75 Å². The minimum atomic E-state index is -4.27. The highest BCUT2D eigenvalue weighted by atomic mass is 32.2. The predicted molar refractivity (Wildman–Crippen MR) is 51.9 cm³/mol. The van der Waals surface area contributed by atoms with Crippen LogP contribution in [0.4, 0.5) is 8.78 Å². The Morgan fingerprint density at radius 3 is 2.44 bits per heavy atom. The fourth-order valence-corrected chi connectivity index (χ4v) is 1.91. The molecule has 90 valence electrons. The average Bonchev–Trinajstić information content (AvgIpc) is 2.15. The Bertz CT molecular complexity index is 502. The molecule has 0 saturated carbocycles. The molecule has 0 fully saturated rings. The van der Waals surface area contributed by atoms with Crippen LogP contribution in [-0.4, -0.2) is 20.5 Å². The molecule has 8 heteroatoms. The number of halogens is 2. The van der Waals surface area contributed by atoms with Gasteiger partial charge in [-0.2, -0.15) is 0 Å². The molecular weight excluding hydrogens is 242 g/mol. The number of hydrogen-bond donors (Lipinski definition) is 1. The highest BCUT2D eigenvalue weighted by Crippen LogP contribution is 2.29. The van der Waals surface area contributed by atoms with E-state index in [0.29, 0.717) is 0 Å². The maximum absolute atomic E-state index is 12.6. The fourth-order valence-electron chi connectivity index (χ4n) is 1.17. The highest BCUT2D eigenvalue weighted by molar-refractivity contribution is 7.89. The van der Waals surface area contributed by atoms with Crippen LogP contribution in [0.25, 0.3) is 0 Å².